The number of phosphoric acid groups is 1. The third kappa shape index (κ3) is 54.3. The van der Waals surface area contributed by atoms with Gasteiger partial charge in [0.2, 0.25) is 0 Å². The number of unbranched alkanes of at least 4 members (excludes halogenated alkanes) is 42. The lowest BCUT2D eigenvalue weighted by Gasteiger charge is -2.24. The van der Waals surface area contributed by atoms with E-state index in [1.54, 1.807) is 0 Å². The summed E-state index contributed by atoms with van der Waals surface area (Å²) >= 11 is 0. The number of carbonyl (C=O) groups excluding carboxylic acids is 2. The van der Waals surface area contributed by atoms with Gasteiger partial charge in [0.15, 0.2) is 6.10 Å². The molecule has 0 amide bonds. The lowest BCUT2D eigenvalue weighted by atomic mass is 10.0. The van der Waals surface area contributed by atoms with Crippen LogP contribution >= 0.6 is 7.82 Å². The average molecular weight is 988 g/mol. The second kappa shape index (κ2) is 50.9. The second-order valence-corrected chi connectivity index (χ2v) is 23.2. The zero-order valence-corrected chi connectivity index (χ0v) is 47.0. The van der Waals surface area contributed by atoms with Gasteiger partial charge in [0, 0.05) is 12.8 Å². The standard InChI is InChI=1S/C58H116NO8P/c1-6-8-10-12-14-16-18-20-21-22-23-24-25-26-27-28-29-30-31-32-33-34-35-36-37-39-40-42-44-46-48-50-57(60)64-54-56(55-66-68(62,63)65-53-52-59(3,4)5)67-58(61)51-49-47-45-43-41-38-19-17-15-13-11-9-7-2/h56H,6-55H2,1-5H3/p+1. The zero-order valence-electron chi connectivity index (χ0n) is 46.1. The number of esters is 2. The van der Waals surface area contributed by atoms with Crippen molar-refractivity contribution in [1.82, 2.24) is 0 Å². The maximum Gasteiger partial charge on any atom is 0.472 e. The molecule has 406 valence electrons. The quantitative estimate of drug-likeness (QED) is 0.0278. The van der Waals surface area contributed by atoms with Crippen molar-refractivity contribution in [1.29, 1.82) is 0 Å². The van der Waals surface area contributed by atoms with Crippen LogP contribution in [0.4, 0.5) is 0 Å². The molecule has 0 saturated heterocycles. The van der Waals surface area contributed by atoms with Crippen LogP contribution in [0.1, 0.15) is 309 Å². The van der Waals surface area contributed by atoms with Gasteiger partial charge in [-0.3, -0.25) is 18.6 Å². The van der Waals surface area contributed by atoms with Crippen molar-refractivity contribution >= 4 is 19.8 Å². The van der Waals surface area contributed by atoms with E-state index in [1.165, 1.54) is 244 Å². The molecule has 2 unspecified atom stereocenters. The Kier molecular flexibility index (Phi) is 50.2. The van der Waals surface area contributed by atoms with Gasteiger partial charge < -0.3 is 18.9 Å². The summed E-state index contributed by atoms with van der Waals surface area (Å²) < 4.78 is 34.5. The van der Waals surface area contributed by atoms with Gasteiger partial charge in [-0.15, -0.1) is 0 Å². The van der Waals surface area contributed by atoms with E-state index in [9.17, 15) is 19.0 Å². The molecule has 0 aliphatic rings. The van der Waals surface area contributed by atoms with Crippen LogP contribution in [0.5, 0.6) is 0 Å². The molecule has 0 heterocycles. The van der Waals surface area contributed by atoms with Crippen molar-refractivity contribution in [3.8, 4) is 0 Å². The van der Waals surface area contributed by atoms with Gasteiger partial charge in [0.25, 0.3) is 0 Å². The van der Waals surface area contributed by atoms with Crippen LogP contribution in [0.3, 0.4) is 0 Å². The number of rotatable bonds is 56. The molecule has 0 aliphatic carbocycles. The van der Waals surface area contributed by atoms with Crippen molar-refractivity contribution in [3.05, 3.63) is 0 Å². The Balaban J connectivity index is 3.93. The van der Waals surface area contributed by atoms with Crippen molar-refractivity contribution < 1.29 is 42.1 Å². The number of ether oxygens (including phenoxy) is 2. The number of nitrogens with zero attached hydrogens (tertiary/aromatic N) is 1. The molecule has 68 heavy (non-hydrogen) atoms. The van der Waals surface area contributed by atoms with Gasteiger partial charge in [-0.1, -0.05) is 284 Å². The van der Waals surface area contributed by atoms with Crippen molar-refractivity contribution in [3.63, 3.8) is 0 Å². The molecular weight excluding hydrogens is 870 g/mol. The Morgan fingerprint density at radius 2 is 0.662 bits per heavy atom. The van der Waals surface area contributed by atoms with E-state index >= 15 is 0 Å². The molecule has 2 atom stereocenters. The molecule has 9 nitrogen and oxygen atoms in total. The Morgan fingerprint density at radius 1 is 0.397 bits per heavy atom. The summed E-state index contributed by atoms with van der Waals surface area (Å²) in [6.07, 6.45) is 57.7. The van der Waals surface area contributed by atoms with Crippen LogP contribution in [0.2, 0.25) is 0 Å². The Labute approximate surface area is 423 Å². The van der Waals surface area contributed by atoms with Gasteiger partial charge in [0.1, 0.15) is 19.8 Å². The molecule has 10 heteroatoms. The van der Waals surface area contributed by atoms with Crippen LogP contribution in [-0.2, 0) is 32.7 Å². The first-order chi connectivity index (χ1) is 33.0. The summed E-state index contributed by atoms with van der Waals surface area (Å²) in [5.74, 6) is -0.776. The molecule has 0 aliphatic heterocycles. The monoisotopic (exact) mass is 987 g/mol. The summed E-state index contributed by atoms with van der Waals surface area (Å²) in [6, 6.07) is 0. The van der Waals surface area contributed by atoms with Gasteiger partial charge in [-0.2, -0.15) is 0 Å². The SMILES string of the molecule is CCCCCCCCCCCCCCCCCCCCCCCCCCCCCCCCCC(=O)OCC(COP(=O)(O)OCC[N+](C)(C)C)OC(=O)CCCCCCCCCCCCCCC. The summed E-state index contributed by atoms with van der Waals surface area (Å²) in [5.41, 5.74) is 0. The molecule has 0 aromatic rings. The average Bonchev–Trinajstić information content (AvgIpc) is 3.30. The van der Waals surface area contributed by atoms with Gasteiger partial charge >= 0.3 is 19.8 Å². The largest absolute Gasteiger partial charge is 0.472 e. The van der Waals surface area contributed by atoms with E-state index in [4.69, 9.17) is 18.5 Å². The fourth-order valence-electron chi connectivity index (χ4n) is 9.02. The van der Waals surface area contributed by atoms with Crippen molar-refractivity contribution in [2.75, 3.05) is 47.5 Å². The predicted molar refractivity (Wildman–Crippen MR) is 289 cm³/mol. The van der Waals surface area contributed by atoms with Gasteiger partial charge in [-0.25, -0.2) is 4.57 Å². The normalized spacial score (nSPS) is 13.2. The number of carbonyl (C=O) groups is 2. The maximum absolute atomic E-state index is 12.7. The molecule has 0 aromatic heterocycles. The molecule has 0 fully saturated rings. The highest BCUT2D eigenvalue weighted by Gasteiger charge is 2.27. The lowest BCUT2D eigenvalue weighted by molar-refractivity contribution is -0.870. The summed E-state index contributed by atoms with van der Waals surface area (Å²) in [7, 11) is 1.50. The first kappa shape index (κ1) is 67.0. The minimum absolute atomic E-state index is 0.0372. The summed E-state index contributed by atoms with van der Waals surface area (Å²) in [6.45, 7) is 4.49. The number of quaternary nitrogens is 1. The summed E-state index contributed by atoms with van der Waals surface area (Å²) in [5, 5.41) is 0. The predicted octanol–water partition coefficient (Wildman–Crippen LogP) is 18.3. The summed E-state index contributed by atoms with van der Waals surface area (Å²) in [4.78, 5) is 35.6. The minimum atomic E-state index is -4.37. The van der Waals surface area contributed by atoms with Crippen LogP contribution in [0.25, 0.3) is 0 Å². The Bertz CT molecular complexity index is 1120. The maximum atomic E-state index is 12.7. The van der Waals surface area contributed by atoms with E-state index in [1.807, 2.05) is 21.1 Å². The van der Waals surface area contributed by atoms with Crippen molar-refractivity contribution in [2.45, 2.75) is 315 Å². The lowest BCUT2D eigenvalue weighted by Crippen LogP contribution is -2.37. The fourth-order valence-corrected chi connectivity index (χ4v) is 9.76. The number of likely N-dealkylation sites (N-methyl/N-ethyl adjacent to an activating group) is 1. The van der Waals surface area contributed by atoms with Gasteiger partial charge in [0.05, 0.1) is 27.7 Å². The van der Waals surface area contributed by atoms with Crippen molar-refractivity contribution in [2.24, 2.45) is 0 Å². The molecule has 0 radical (unpaired) electrons. The second-order valence-electron chi connectivity index (χ2n) is 21.8. The fraction of sp³-hybridized carbons (Fsp3) is 0.966. The number of hydrogen-bond acceptors (Lipinski definition) is 7. The highest BCUT2D eigenvalue weighted by molar-refractivity contribution is 7.47. The molecular formula is C58H117NO8P+. The molecule has 0 saturated carbocycles. The van der Waals surface area contributed by atoms with Crippen LogP contribution in [-0.4, -0.2) is 74.9 Å². The first-order valence-electron chi connectivity index (χ1n) is 29.8. The topological polar surface area (TPSA) is 108 Å². The third-order valence-corrected chi connectivity index (χ3v) is 14.6. The molecule has 0 aromatic carbocycles. The van der Waals surface area contributed by atoms with Crippen LogP contribution < -0.4 is 0 Å². The van der Waals surface area contributed by atoms with E-state index in [0.717, 1.165) is 38.5 Å². The first-order valence-corrected chi connectivity index (χ1v) is 31.3. The Morgan fingerprint density at radius 3 is 0.941 bits per heavy atom. The number of hydrogen-bond donors (Lipinski definition) is 1. The zero-order chi connectivity index (χ0) is 49.9. The van der Waals surface area contributed by atoms with Crippen LogP contribution in [0.15, 0.2) is 0 Å². The minimum Gasteiger partial charge on any atom is -0.462 e. The Hall–Kier alpha value is -0.990. The van der Waals surface area contributed by atoms with E-state index in [2.05, 4.69) is 13.8 Å². The third-order valence-electron chi connectivity index (χ3n) is 13.6. The molecule has 1 N–H and O–H groups in total. The van der Waals surface area contributed by atoms with Gasteiger partial charge in [-0.05, 0) is 12.8 Å². The van der Waals surface area contributed by atoms with E-state index in [0.29, 0.717) is 17.4 Å². The number of phosphoric ester groups is 1. The highest BCUT2D eigenvalue weighted by atomic mass is 31.2. The highest BCUT2D eigenvalue weighted by Crippen LogP contribution is 2.43. The molecule has 0 spiro atoms. The molecule has 0 bridgehead atoms. The van der Waals surface area contributed by atoms with E-state index in [-0.39, 0.29) is 25.6 Å². The smallest absolute Gasteiger partial charge is 0.462 e. The van der Waals surface area contributed by atoms with Crippen LogP contribution in [0, 0.1) is 0 Å². The molecule has 0 rings (SSSR count). The van der Waals surface area contributed by atoms with E-state index < -0.39 is 26.5 Å².